The van der Waals surface area contributed by atoms with Crippen LogP contribution in [0, 0.1) is 0 Å². The van der Waals surface area contributed by atoms with E-state index in [1.807, 2.05) is 11.8 Å². The number of amides is 1. The number of rotatable bonds is 4. The second-order valence-corrected chi connectivity index (χ2v) is 3.65. The summed E-state index contributed by atoms with van der Waals surface area (Å²) in [6.45, 7) is 4.06. The van der Waals surface area contributed by atoms with Gasteiger partial charge >= 0.3 is 0 Å². The van der Waals surface area contributed by atoms with E-state index in [4.69, 9.17) is 5.73 Å². The highest BCUT2D eigenvalue weighted by atomic mass is 16.2. The first kappa shape index (κ1) is 11.0. The Bertz CT molecular complexity index is 219. The molecule has 0 aromatic heterocycles. The monoisotopic (exact) mass is 197 g/mol. The first-order chi connectivity index (χ1) is 6.74. The fraction of sp³-hybridized carbons (Fsp3) is 0.800. The summed E-state index contributed by atoms with van der Waals surface area (Å²) < 4.78 is 0. The normalized spacial score (nSPS) is 17.5. The van der Waals surface area contributed by atoms with Crippen molar-refractivity contribution in [3.05, 3.63) is 0 Å². The zero-order chi connectivity index (χ0) is 10.4. The Morgan fingerprint density at radius 1 is 1.43 bits per heavy atom. The Morgan fingerprint density at radius 3 is 2.64 bits per heavy atom. The Kier molecular flexibility index (Phi) is 4.43. The summed E-state index contributed by atoms with van der Waals surface area (Å²) >= 11 is 0. The van der Waals surface area contributed by atoms with Crippen molar-refractivity contribution in [1.82, 2.24) is 4.90 Å². The van der Waals surface area contributed by atoms with Crippen molar-refractivity contribution in [2.75, 3.05) is 19.6 Å². The van der Waals surface area contributed by atoms with Crippen LogP contribution >= 0.6 is 0 Å². The van der Waals surface area contributed by atoms with E-state index in [2.05, 4.69) is 4.99 Å². The van der Waals surface area contributed by atoms with Crippen LogP contribution in [-0.4, -0.2) is 36.3 Å². The fourth-order valence-corrected chi connectivity index (χ4v) is 1.57. The van der Waals surface area contributed by atoms with Crippen LogP contribution in [0.2, 0.25) is 0 Å². The Hall–Kier alpha value is -1.06. The zero-order valence-electron chi connectivity index (χ0n) is 8.83. The van der Waals surface area contributed by atoms with Crippen molar-refractivity contribution in [1.29, 1.82) is 0 Å². The topological polar surface area (TPSA) is 58.7 Å². The van der Waals surface area contributed by atoms with Crippen LogP contribution in [0.3, 0.4) is 0 Å². The third kappa shape index (κ3) is 3.36. The average Bonchev–Trinajstić information content (AvgIpc) is 2.67. The summed E-state index contributed by atoms with van der Waals surface area (Å²) in [6, 6.07) is 0. The van der Waals surface area contributed by atoms with Gasteiger partial charge in [-0.1, -0.05) is 6.92 Å². The van der Waals surface area contributed by atoms with Gasteiger partial charge in [-0.3, -0.25) is 9.79 Å². The molecule has 1 heterocycles. The van der Waals surface area contributed by atoms with Gasteiger partial charge < -0.3 is 10.6 Å². The molecule has 0 bridgehead atoms. The van der Waals surface area contributed by atoms with E-state index < -0.39 is 0 Å². The molecule has 0 aliphatic carbocycles. The van der Waals surface area contributed by atoms with Crippen LogP contribution in [0.25, 0.3) is 0 Å². The SMILES string of the molecule is CCCC(N)=NCC(=O)N1CCCC1. The number of nitrogens with two attached hydrogens (primary N) is 1. The van der Waals surface area contributed by atoms with Crippen LogP contribution in [0.15, 0.2) is 4.99 Å². The molecule has 14 heavy (non-hydrogen) atoms. The van der Waals surface area contributed by atoms with Gasteiger partial charge in [0.15, 0.2) is 0 Å². The minimum Gasteiger partial charge on any atom is -0.387 e. The van der Waals surface area contributed by atoms with Crippen LogP contribution < -0.4 is 5.73 Å². The van der Waals surface area contributed by atoms with E-state index in [0.29, 0.717) is 5.84 Å². The summed E-state index contributed by atoms with van der Waals surface area (Å²) in [6.07, 6.45) is 4.01. The first-order valence-corrected chi connectivity index (χ1v) is 5.30. The molecule has 4 heteroatoms. The third-order valence-electron chi connectivity index (χ3n) is 2.38. The number of amidine groups is 1. The van der Waals surface area contributed by atoms with Crippen LogP contribution in [0.5, 0.6) is 0 Å². The lowest BCUT2D eigenvalue weighted by Crippen LogP contribution is -2.30. The zero-order valence-corrected chi connectivity index (χ0v) is 8.83. The molecule has 1 saturated heterocycles. The first-order valence-electron chi connectivity index (χ1n) is 5.30. The number of carbonyl (C=O) groups excluding carboxylic acids is 1. The summed E-state index contributed by atoms with van der Waals surface area (Å²) in [4.78, 5) is 17.4. The lowest BCUT2D eigenvalue weighted by Gasteiger charge is -2.13. The predicted molar refractivity (Wildman–Crippen MR) is 57.2 cm³/mol. The number of nitrogens with zero attached hydrogens (tertiary/aromatic N) is 2. The quantitative estimate of drug-likeness (QED) is 0.534. The van der Waals surface area contributed by atoms with Crippen molar-refractivity contribution >= 4 is 11.7 Å². The molecule has 0 spiro atoms. The minimum absolute atomic E-state index is 0.113. The molecule has 0 aromatic rings. The van der Waals surface area contributed by atoms with Gasteiger partial charge in [0.05, 0.1) is 5.84 Å². The Morgan fingerprint density at radius 2 is 2.07 bits per heavy atom. The second kappa shape index (κ2) is 5.62. The highest BCUT2D eigenvalue weighted by Crippen LogP contribution is 2.07. The van der Waals surface area contributed by atoms with Gasteiger partial charge in [-0.05, 0) is 19.3 Å². The van der Waals surface area contributed by atoms with Crippen LogP contribution in [0.4, 0.5) is 0 Å². The van der Waals surface area contributed by atoms with Crippen LogP contribution in [-0.2, 0) is 4.79 Å². The summed E-state index contributed by atoms with van der Waals surface area (Å²) in [5.74, 6) is 0.710. The molecular formula is C10H19N3O. The predicted octanol–water partition coefficient (Wildman–Crippen LogP) is 0.766. The van der Waals surface area contributed by atoms with Crippen molar-refractivity contribution in [3.8, 4) is 0 Å². The molecule has 0 aromatic carbocycles. The van der Waals surface area contributed by atoms with Crippen molar-refractivity contribution in [2.45, 2.75) is 32.6 Å². The molecule has 0 saturated carbocycles. The highest BCUT2D eigenvalue weighted by Gasteiger charge is 2.16. The molecule has 2 N–H and O–H groups in total. The maximum absolute atomic E-state index is 11.5. The molecular weight excluding hydrogens is 178 g/mol. The van der Waals surface area contributed by atoms with Crippen molar-refractivity contribution in [3.63, 3.8) is 0 Å². The standard InChI is InChI=1S/C10H19N3O/c1-2-5-9(11)12-8-10(14)13-6-3-4-7-13/h2-8H2,1H3,(H2,11,12). The van der Waals surface area contributed by atoms with Gasteiger partial charge in [-0.15, -0.1) is 0 Å². The minimum atomic E-state index is 0.113. The molecule has 80 valence electrons. The molecule has 1 fully saturated rings. The fourth-order valence-electron chi connectivity index (χ4n) is 1.57. The highest BCUT2D eigenvalue weighted by molar-refractivity contribution is 5.85. The number of hydrogen-bond acceptors (Lipinski definition) is 2. The van der Waals surface area contributed by atoms with Gasteiger partial charge in [-0.2, -0.15) is 0 Å². The molecule has 1 rings (SSSR count). The molecule has 0 unspecified atom stereocenters. The average molecular weight is 197 g/mol. The maximum atomic E-state index is 11.5. The molecule has 0 radical (unpaired) electrons. The number of carbonyl (C=O) groups is 1. The number of aliphatic imine (C=N–C) groups is 1. The van der Waals surface area contributed by atoms with Gasteiger partial charge in [0.2, 0.25) is 5.91 Å². The van der Waals surface area contributed by atoms with E-state index >= 15 is 0 Å². The van der Waals surface area contributed by atoms with Gasteiger partial charge in [-0.25, -0.2) is 0 Å². The molecule has 1 aliphatic rings. The molecule has 1 amide bonds. The van der Waals surface area contributed by atoms with Gasteiger partial charge in [0.25, 0.3) is 0 Å². The van der Waals surface area contributed by atoms with Gasteiger partial charge in [0.1, 0.15) is 6.54 Å². The Balaban J connectivity index is 2.29. The second-order valence-electron chi connectivity index (χ2n) is 3.65. The summed E-state index contributed by atoms with van der Waals surface area (Å²) in [5, 5.41) is 0. The van der Waals surface area contributed by atoms with Gasteiger partial charge in [0, 0.05) is 19.5 Å². The maximum Gasteiger partial charge on any atom is 0.244 e. The van der Waals surface area contributed by atoms with E-state index in [9.17, 15) is 4.79 Å². The molecule has 4 nitrogen and oxygen atoms in total. The lowest BCUT2D eigenvalue weighted by molar-refractivity contribution is -0.128. The smallest absolute Gasteiger partial charge is 0.244 e. The van der Waals surface area contributed by atoms with E-state index in [0.717, 1.165) is 38.8 Å². The van der Waals surface area contributed by atoms with Crippen molar-refractivity contribution < 1.29 is 4.79 Å². The molecule has 1 aliphatic heterocycles. The van der Waals surface area contributed by atoms with E-state index in [1.165, 1.54) is 0 Å². The molecule has 0 atom stereocenters. The number of likely N-dealkylation sites (tertiary alicyclic amines) is 1. The summed E-state index contributed by atoms with van der Waals surface area (Å²) in [7, 11) is 0. The van der Waals surface area contributed by atoms with E-state index in [1.54, 1.807) is 0 Å². The summed E-state index contributed by atoms with van der Waals surface area (Å²) in [5.41, 5.74) is 5.61. The van der Waals surface area contributed by atoms with Crippen LogP contribution in [0.1, 0.15) is 32.6 Å². The number of hydrogen-bond donors (Lipinski definition) is 1. The lowest BCUT2D eigenvalue weighted by atomic mass is 10.3. The van der Waals surface area contributed by atoms with Crippen molar-refractivity contribution in [2.24, 2.45) is 10.7 Å². The largest absolute Gasteiger partial charge is 0.387 e. The third-order valence-corrected chi connectivity index (χ3v) is 2.38. The van der Waals surface area contributed by atoms with E-state index in [-0.39, 0.29) is 12.5 Å². The Labute approximate surface area is 85.2 Å².